The third-order valence-electron chi connectivity index (χ3n) is 4.56. The first-order valence-electron chi connectivity index (χ1n) is 7.45. The Morgan fingerprint density at radius 2 is 1.95 bits per heavy atom. The van der Waals surface area contributed by atoms with Crippen LogP contribution >= 0.6 is 11.3 Å². The van der Waals surface area contributed by atoms with E-state index in [0.717, 1.165) is 6.42 Å². The topological polar surface area (TPSA) is 12.0 Å². The van der Waals surface area contributed by atoms with Gasteiger partial charge in [-0.2, -0.15) is 0 Å². The van der Waals surface area contributed by atoms with Crippen molar-refractivity contribution < 1.29 is 0 Å². The molecule has 1 unspecified atom stereocenters. The first kappa shape index (κ1) is 12.9. The van der Waals surface area contributed by atoms with Crippen LogP contribution in [0.1, 0.15) is 31.0 Å². The first-order valence-corrected chi connectivity index (χ1v) is 8.33. The summed E-state index contributed by atoms with van der Waals surface area (Å²) in [4.78, 5) is 0. The van der Waals surface area contributed by atoms with Crippen LogP contribution in [-0.4, -0.2) is 0 Å². The molecule has 1 nitrogen and oxygen atoms in total. The first-order chi connectivity index (χ1) is 10.1. The monoisotopic (exact) mass is 293 g/mol. The Hall–Kier alpha value is -1.80. The van der Waals surface area contributed by atoms with Gasteiger partial charge in [0, 0.05) is 10.4 Å². The Bertz CT molecular complexity index is 800. The van der Waals surface area contributed by atoms with Gasteiger partial charge in [0.05, 0.1) is 6.04 Å². The van der Waals surface area contributed by atoms with Gasteiger partial charge in [0.25, 0.3) is 0 Å². The van der Waals surface area contributed by atoms with Gasteiger partial charge in [0.15, 0.2) is 0 Å². The SMILES string of the molecule is CC1(C)Cc2ccccc2C1Nc1ccc2sccc2c1. The van der Waals surface area contributed by atoms with Crippen LogP contribution in [0.4, 0.5) is 5.69 Å². The van der Waals surface area contributed by atoms with E-state index >= 15 is 0 Å². The number of benzene rings is 2. The molecule has 0 aliphatic heterocycles. The van der Waals surface area contributed by atoms with Gasteiger partial charge in [-0.05, 0) is 58.0 Å². The lowest BCUT2D eigenvalue weighted by Gasteiger charge is -2.29. The molecule has 0 amide bonds. The van der Waals surface area contributed by atoms with E-state index in [1.807, 2.05) is 0 Å². The standard InChI is InChI=1S/C19H19NS/c1-19(2)12-14-5-3-4-6-16(14)18(19)20-15-7-8-17-13(11-15)9-10-21-17/h3-11,18,20H,12H2,1-2H3. The molecule has 2 aromatic carbocycles. The molecule has 2 heteroatoms. The molecular formula is C19H19NS. The normalized spacial score (nSPS) is 19.6. The summed E-state index contributed by atoms with van der Waals surface area (Å²) in [6.45, 7) is 4.71. The molecule has 0 bridgehead atoms. The highest BCUT2D eigenvalue weighted by atomic mass is 32.1. The second-order valence-electron chi connectivity index (χ2n) is 6.61. The fraction of sp³-hybridized carbons (Fsp3) is 0.263. The molecule has 0 radical (unpaired) electrons. The van der Waals surface area contributed by atoms with Gasteiger partial charge in [-0.25, -0.2) is 0 Å². The summed E-state index contributed by atoms with van der Waals surface area (Å²) < 4.78 is 1.35. The predicted molar refractivity (Wildman–Crippen MR) is 92.1 cm³/mol. The maximum atomic E-state index is 3.77. The molecule has 4 rings (SSSR count). The molecule has 1 heterocycles. The number of fused-ring (bicyclic) bond motifs is 2. The third-order valence-corrected chi connectivity index (χ3v) is 5.45. The Morgan fingerprint density at radius 1 is 1.10 bits per heavy atom. The van der Waals surface area contributed by atoms with Gasteiger partial charge in [0.2, 0.25) is 0 Å². The molecule has 21 heavy (non-hydrogen) atoms. The second-order valence-corrected chi connectivity index (χ2v) is 7.56. The van der Waals surface area contributed by atoms with Gasteiger partial charge in [-0.1, -0.05) is 38.1 Å². The van der Waals surface area contributed by atoms with E-state index in [4.69, 9.17) is 0 Å². The van der Waals surface area contributed by atoms with E-state index < -0.39 is 0 Å². The molecule has 0 spiro atoms. The fourth-order valence-electron chi connectivity index (χ4n) is 3.49. The molecule has 1 atom stereocenters. The number of anilines is 1. The van der Waals surface area contributed by atoms with E-state index in [0.29, 0.717) is 6.04 Å². The lowest BCUT2D eigenvalue weighted by Crippen LogP contribution is -2.24. The summed E-state index contributed by atoms with van der Waals surface area (Å²) in [5.74, 6) is 0. The van der Waals surface area contributed by atoms with Crippen molar-refractivity contribution in [1.82, 2.24) is 0 Å². The van der Waals surface area contributed by atoms with Crippen molar-refractivity contribution in [3.05, 3.63) is 65.0 Å². The number of thiophene rings is 1. The van der Waals surface area contributed by atoms with Crippen LogP contribution in [0.25, 0.3) is 10.1 Å². The average molecular weight is 293 g/mol. The van der Waals surface area contributed by atoms with Gasteiger partial charge >= 0.3 is 0 Å². The smallest absolute Gasteiger partial charge is 0.0570 e. The van der Waals surface area contributed by atoms with E-state index in [1.165, 1.54) is 26.9 Å². The van der Waals surface area contributed by atoms with Crippen molar-refractivity contribution in [2.75, 3.05) is 5.32 Å². The second kappa shape index (κ2) is 4.60. The van der Waals surface area contributed by atoms with Crippen molar-refractivity contribution in [3.8, 4) is 0 Å². The minimum atomic E-state index is 0.243. The van der Waals surface area contributed by atoms with E-state index in [2.05, 4.69) is 73.1 Å². The minimum Gasteiger partial charge on any atom is -0.378 e. The number of rotatable bonds is 2. The van der Waals surface area contributed by atoms with Crippen LogP contribution in [-0.2, 0) is 6.42 Å². The minimum absolute atomic E-state index is 0.243. The molecular weight excluding hydrogens is 274 g/mol. The van der Waals surface area contributed by atoms with Gasteiger partial charge in [-0.15, -0.1) is 11.3 Å². The van der Waals surface area contributed by atoms with Crippen LogP contribution in [0.15, 0.2) is 53.9 Å². The highest BCUT2D eigenvalue weighted by Gasteiger charge is 2.38. The van der Waals surface area contributed by atoms with Crippen molar-refractivity contribution >= 4 is 27.1 Å². The molecule has 0 fully saturated rings. The van der Waals surface area contributed by atoms with E-state index in [-0.39, 0.29) is 5.41 Å². The van der Waals surface area contributed by atoms with E-state index in [1.54, 1.807) is 11.3 Å². The van der Waals surface area contributed by atoms with Gasteiger partial charge in [0.1, 0.15) is 0 Å². The fourth-order valence-corrected chi connectivity index (χ4v) is 4.26. The predicted octanol–water partition coefficient (Wildman–Crippen LogP) is 5.64. The number of hydrogen-bond donors (Lipinski definition) is 1. The molecule has 106 valence electrons. The lowest BCUT2D eigenvalue weighted by atomic mass is 9.85. The summed E-state index contributed by atoms with van der Waals surface area (Å²) in [6, 6.07) is 18.1. The van der Waals surface area contributed by atoms with Crippen molar-refractivity contribution in [2.45, 2.75) is 26.3 Å². The molecule has 0 saturated carbocycles. The highest BCUT2D eigenvalue weighted by Crippen LogP contribution is 2.46. The summed E-state index contributed by atoms with van der Waals surface area (Å²) in [5.41, 5.74) is 4.40. The van der Waals surface area contributed by atoms with Crippen molar-refractivity contribution in [2.24, 2.45) is 5.41 Å². The van der Waals surface area contributed by atoms with Crippen LogP contribution in [0.5, 0.6) is 0 Å². The zero-order valence-electron chi connectivity index (χ0n) is 12.4. The van der Waals surface area contributed by atoms with Gasteiger partial charge in [-0.3, -0.25) is 0 Å². The van der Waals surface area contributed by atoms with Crippen LogP contribution in [0.3, 0.4) is 0 Å². The Labute approximate surface area is 129 Å². The Morgan fingerprint density at radius 3 is 2.86 bits per heavy atom. The van der Waals surface area contributed by atoms with Crippen LogP contribution in [0.2, 0.25) is 0 Å². The van der Waals surface area contributed by atoms with Crippen molar-refractivity contribution in [3.63, 3.8) is 0 Å². The third kappa shape index (κ3) is 2.14. The van der Waals surface area contributed by atoms with Crippen LogP contribution < -0.4 is 5.32 Å². The van der Waals surface area contributed by atoms with Gasteiger partial charge < -0.3 is 5.32 Å². The summed E-state index contributed by atoms with van der Waals surface area (Å²) >= 11 is 1.80. The van der Waals surface area contributed by atoms with Crippen LogP contribution in [0, 0.1) is 5.41 Å². The largest absolute Gasteiger partial charge is 0.378 e. The quantitative estimate of drug-likeness (QED) is 0.645. The molecule has 3 aromatic rings. The summed E-state index contributed by atoms with van der Waals surface area (Å²) in [7, 11) is 0. The van der Waals surface area contributed by atoms with E-state index in [9.17, 15) is 0 Å². The highest BCUT2D eigenvalue weighted by molar-refractivity contribution is 7.17. The maximum Gasteiger partial charge on any atom is 0.0570 e. The summed E-state index contributed by atoms with van der Waals surface area (Å²) in [5, 5.41) is 7.26. The Kier molecular flexibility index (Phi) is 2.83. The molecule has 1 N–H and O–H groups in total. The lowest BCUT2D eigenvalue weighted by molar-refractivity contribution is 0.337. The van der Waals surface area contributed by atoms with Crippen molar-refractivity contribution in [1.29, 1.82) is 0 Å². The average Bonchev–Trinajstić information content (AvgIpc) is 3.01. The zero-order chi connectivity index (χ0) is 14.4. The molecule has 1 aromatic heterocycles. The molecule has 1 aliphatic carbocycles. The maximum absolute atomic E-state index is 3.77. The zero-order valence-corrected chi connectivity index (χ0v) is 13.2. The number of hydrogen-bond acceptors (Lipinski definition) is 2. The Balaban J connectivity index is 1.72. The summed E-state index contributed by atoms with van der Waals surface area (Å²) in [6.07, 6.45) is 1.14. The molecule has 0 saturated heterocycles. The number of nitrogens with one attached hydrogen (secondary N) is 1. The molecule has 1 aliphatic rings.